The van der Waals surface area contributed by atoms with Gasteiger partial charge in [0.25, 0.3) is 0 Å². The summed E-state index contributed by atoms with van der Waals surface area (Å²) >= 11 is 0. The van der Waals surface area contributed by atoms with E-state index in [1.807, 2.05) is 0 Å². The maximum absolute atomic E-state index is 12.9. The van der Waals surface area contributed by atoms with Crippen molar-refractivity contribution in [2.75, 3.05) is 26.4 Å². The van der Waals surface area contributed by atoms with Crippen LogP contribution in [0.15, 0.2) is 97.2 Å². The number of rotatable bonds is 49. The molecule has 0 aliphatic rings. The van der Waals surface area contributed by atoms with Crippen molar-refractivity contribution >= 4 is 25.7 Å². The second-order valence-electron chi connectivity index (χ2n) is 17.6. The van der Waals surface area contributed by atoms with Gasteiger partial charge in [0.2, 0.25) is 0 Å². The molecule has 0 radical (unpaired) electrons. The van der Waals surface area contributed by atoms with Crippen molar-refractivity contribution in [3.05, 3.63) is 97.2 Å². The zero-order valence-electron chi connectivity index (χ0n) is 43.9. The molecular formula is C58H97O11P. The van der Waals surface area contributed by atoms with Crippen LogP contribution in [-0.4, -0.2) is 66.5 Å². The Balaban J connectivity index is 4.78. The summed E-state index contributed by atoms with van der Waals surface area (Å²) in [5, 5.41) is 9.77. The molecule has 0 saturated carbocycles. The first-order chi connectivity index (χ1) is 34.2. The van der Waals surface area contributed by atoms with E-state index in [0.717, 1.165) is 141 Å². The highest BCUT2D eigenvalue weighted by Gasteiger charge is 2.28. The Morgan fingerprint density at radius 2 is 0.743 bits per heavy atom. The van der Waals surface area contributed by atoms with Crippen LogP contribution in [0, 0.1) is 0 Å². The van der Waals surface area contributed by atoms with Gasteiger partial charge in [-0.3, -0.25) is 23.4 Å². The average Bonchev–Trinajstić information content (AvgIpc) is 3.35. The van der Waals surface area contributed by atoms with E-state index in [9.17, 15) is 28.9 Å². The molecule has 0 aliphatic carbocycles. The zero-order valence-corrected chi connectivity index (χ0v) is 44.8. The molecule has 0 saturated heterocycles. The lowest BCUT2D eigenvalue weighted by molar-refractivity contribution is -0.161. The Hall–Kier alpha value is -3.60. The summed E-state index contributed by atoms with van der Waals surface area (Å²) in [6.45, 7) is 4.29. The Kier molecular flexibility index (Phi) is 49.1. The van der Waals surface area contributed by atoms with E-state index in [2.05, 4.69) is 118 Å². The molecule has 0 aromatic heterocycles. The molecular weight excluding hydrogens is 904 g/mol. The molecule has 0 rings (SSSR count). The van der Waals surface area contributed by atoms with Crippen LogP contribution in [0.1, 0.15) is 213 Å². The highest BCUT2D eigenvalue weighted by atomic mass is 31.2. The van der Waals surface area contributed by atoms with Crippen molar-refractivity contribution in [2.45, 2.75) is 226 Å². The van der Waals surface area contributed by atoms with E-state index in [1.54, 1.807) is 0 Å². The lowest BCUT2D eigenvalue weighted by Gasteiger charge is -2.21. The van der Waals surface area contributed by atoms with Gasteiger partial charge >= 0.3 is 25.7 Å². The molecule has 2 N–H and O–H groups in total. The fourth-order valence-electron chi connectivity index (χ4n) is 6.87. The van der Waals surface area contributed by atoms with Crippen molar-refractivity contribution < 1.29 is 52.2 Å². The second kappa shape index (κ2) is 51.7. The summed E-state index contributed by atoms with van der Waals surface area (Å²) in [6.07, 6.45) is 59.5. The summed E-state index contributed by atoms with van der Waals surface area (Å²) in [6, 6.07) is 0. The monoisotopic (exact) mass is 1000 g/mol. The smallest absolute Gasteiger partial charge is 0.462 e. The largest absolute Gasteiger partial charge is 0.472 e. The zero-order chi connectivity index (χ0) is 51.3. The number of hydrogen-bond donors (Lipinski definition) is 2. The SMILES string of the molecule is CC/C=C\C/C=C\C/C=C\C/C=C\CCCCCCCCC(=O)OCC(COP(=O)(O)OCC(CO)OC(=O)CCCCCCC/C=C\CCCC)OC(=O)CCCCC/C=C\C/C=C\C/C=C\CC. The molecule has 70 heavy (non-hydrogen) atoms. The number of phosphoric acid groups is 1. The summed E-state index contributed by atoms with van der Waals surface area (Å²) in [7, 11) is -4.76. The number of carbonyl (C=O) groups excluding carboxylic acids is 3. The Labute approximate surface area is 425 Å². The van der Waals surface area contributed by atoms with Crippen molar-refractivity contribution in [3.8, 4) is 0 Å². The van der Waals surface area contributed by atoms with Crippen molar-refractivity contribution in [1.82, 2.24) is 0 Å². The molecule has 3 unspecified atom stereocenters. The van der Waals surface area contributed by atoms with Crippen molar-refractivity contribution in [3.63, 3.8) is 0 Å². The fraction of sp³-hybridized carbons (Fsp3) is 0.672. The van der Waals surface area contributed by atoms with Gasteiger partial charge in [-0.2, -0.15) is 0 Å². The number of carbonyl (C=O) groups is 3. The maximum Gasteiger partial charge on any atom is 0.472 e. The number of aliphatic hydroxyl groups is 1. The van der Waals surface area contributed by atoms with Gasteiger partial charge < -0.3 is 24.2 Å². The number of unbranched alkanes of at least 4 members (excludes halogenated alkanes) is 16. The van der Waals surface area contributed by atoms with Gasteiger partial charge in [0, 0.05) is 19.3 Å². The van der Waals surface area contributed by atoms with E-state index in [0.29, 0.717) is 19.3 Å². The molecule has 0 amide bonds. The first-order valence-electron chi connectivity index (χ1n) is 27.1. The van der Waals surface area contributed by atoms with Crippen LogP contribution >= 0.6 is 7.82 Å². The van der Waals surface area contributed by atoms with E-state index in [-0.39, 0.29) is 25.9 Å². The van der Waals surface area contributed by atoms with Gasteiger partial charge in [0.1, 0.15) is 12.7 Å². The Morgan fingerprint density at radius 3 is 1.17 bits per heavy atom. The number of allylic oxidation sites excluding steroid dienone is 16. The number of phosphoric ester groups is 1. The molecule has 0 heterocycles. The summed E-state index contributed by atoms with van der Waals surface area (Å²) in [5.41, 5.74) is 0. The van der Waals surface area contributed by atoms with Crippen molar-refractivity contribution in [2.24, 2.45) is 0 Å². The predicted octanol–water partition coefficient (Wildman–Crippen LogP) is 15.7. The second-order valence-corrected chi connectivity index (χ2v) is 19.1. The molecule has 0 aromatic rings. The van der Waals surface area contributed by atoms with Gasteiger partial charge in [-0.1, -0.05) is 182 Å². The van der Waals surface area contributed by atoms with Crippen LogP contribution in [0.3, 0.4) is 0 Å². The minimum absolute atomic E-state index is 0.124. The van der Waals surface area contributed by atoms with Crippen LogP contribution in [0.4, 0.5) is 0 Å². The first-order valence-corrected chi connectivity index (χ1v) is 28.6. The molecule has 0 aliphatic heterocycles. The number of ether oxygens (including phenoxy) is 3. The standard InChI is InChI=1S/C58H97O11P/c1-4-7-10-13-16-19-22-24-25-26-27-28-29-31-33-35-38-41-44-47-56(60)65-51-55(69-58(62)49-46-43-40-37-34-30-23-20-17-14-11-8-5-2)53-67-70(63,64)66-52-54(50-59)68-57(61)48-45-42-39-36-32-21-18-15-12-9-6-3/h7-8,10-11,15-20,24-25,27-28,30,34,54-55,59H,4-6,9,12-14,21-23,26,29,31-33,35-53H2,1-3H3,(H,63,64)/b10-7-,11-8-,18-15-,19-16-,20-17-,25-24-,28-27-,34-30-. The van der Waals surface area contributed by atoms with E-state index in [4.69, 9.17) is 23.3 Å². The first kappa shape index (κ1) is 66.4. The van der Waals surface area contributed by atoms with Gasteiger partial charge in [0.15, 0.2) is 6.10 Å². The summed E-state index contributed by atoms with van der Waals surface area (Å²) in [4.78, 5) is 48.4. The number of hydrogen-bond acceptors (Lipinski definition) is 10. The van der Waals surface area contributed by atoms with Crippen LogP contribution in [0.25, 0.3) is 0 Å². The lowest BCUT2D eigenvalue weighted by atomic mass is 10.1. The van der Waals surface area contributed by atoms with Gasteiger partial charge in [-0.25, -0.2) is 4.57 Å². The Morgan fingerprint density at radius 1 is 0.414 bits per heavy atom. The third kappa shape index (κ3) is 49.4. The number of aliphatic hydroxyl groups excluding tert-OH is 1. The number of esters is 3. The third-order valence-electron chi connectivity index (χ3n) is 11.0. The van der Waals surface area contributed by atoms with Gasteiger partial charge in [0.05, 0.1) is 19.8 Å². The molecule has 400 valence electrons. The quantitative estimate of drug-likeness (QED) is 0.0197. The normalized spacial score (nSPS) is 14.2. The average molecular weight is 1000 g/mol. The minimum Gasteiger partial charge on any atom is -0.462 e. The fourth-order valence-corrected chi connectivity index (χ4v) is 7.65. The van der Waals surface area contributed by atoms with Crippen LogP contribution in [0.2, 0.25) is 0 Å². The molecule has 0 spiro atoms. The van der Waals surface area contributed by atoms with E-state index in [1.165, 1.54) is 12.8 Å². The third-order valence-corrected chi connectivity index (χ3v) is 11.9. The minimum atomic E-state index is -4.76. The Bertz CT molecular complexity index is 1540. The van der Waals surface area contributed by atoms with Crippen molar-refractivity contribution in [1.29, 1.82) is 0 Å². The van der Waals surface area contributed by atoms with E-state index < -0.39 is 57.8 Å². The molecule has 11 nitrogen and oxygen atoms in total. The molecule has 0 aromatic carbocycles. The van der Waals surface area contributed by atoms with E-state index >= 15 is 0 Å². The highest BCUT2D eigenvalue weighted by molar-refractivity contribution is 7.47. The molecule has 3 atom stereocenters. The van der Waals surface area contributed by atoms with Gasteiger partial charge in [-0.05, 0) is 109 Å². The predicted molar refractivity (Wildman–Crippen MR) is 288 cm³/mol. The molecule has 0 fully saturated rings. The highest BCUT2D eigenvalue weighted by Crippen LogP contribution is 2.43. The van der Waals surface area contributed by atoms with Crippen LogP contribution < -0.4 is 0 Å². The van der Waals surface area contributed by atoms with Crippen LogP contribution in [0.5, 0.6) is 0 Å². The lowest BCUT2D eigenvalue weighted by Crippen LogP contribution is -2.30. The summed E-state index contributed by atoms with van der Waals surface area (Å²) < 4.78 is 39.3. The maximum atomic E-state index is 12.9. The van der Waals surface area contributed by atoms with Crippen LogP contribution in [-0.2, 0) is 42.2 Å². The van der Waals surface area contributed by atoms with Gasteiger partial charge in [-0.15, -0.1) is 0 Å². The topological polar surface area (TPSA) is 155 Å². The summed E-state index contributed by atoms with van der Waals surface area (Å²) in [5.74, 6) is -1.54. The molecule has 0 bridgehead atoms. The molecule has 12 heteroatoms.